The Morgan fingerprint density at radius 1 is 1.40 bits per heavy atom. The molecule has 0 radical (unpaired) electrons. The van der Waals surface area contributed by atoms with Crippen LogP contribution in [-0.2, 0) is 11.2 Å². The Morgan fingerprint density at radius 3 is 2.60 bits per heavy atom. The van der Waals surface area contributed by atoms with Gasteiger partial charge in [-0.2, -0.15) is 0 Å². The summed E-state index contributed by atoms with van der Waals surface area (Å²) < 4.78 is 27.1. The summed E-state index contributed by atoms with van der Waals surface area (Å²) in [6.07, 6.45) is 2.42. The van der Waals surface area contributed by atoms with Crippen molar-refractivity contribution in [1.82, 2.24) is 0 Å². The van der Waals surface area contributed by atoms with Crippen molar-refractivity contribution < 1.29 is 13.6 Å². The first-order chi connectivity index (χ1) is 7.08. The van der Waals surface area contributed by atoms with Gasteiger partial charge in [-0.15, -0.1) is 0 Å². The van der Waals surface area contributed by atoms with Crippen molar-refractivity contribution in [2.45, 2.75) is 19.3 Å². The Labute approximate surface area is 94.6 Å². The Bertz CT molecular complexity index is 413. The van der Waals surface area contributed by atoms with Gasteiger partial charge < -0.3 is 4.79 Å². The molecule has 15 heavy (non-hydrogen) atoms. The van der Waals surface area contributed by atoms with Crippen molar-refractivity contribution >= 4 is 22.2 Å². The monoisotopic (exact) mass is 274 g/mol. The molecule has 0 spiro atoms. The molecule has 0 unspecified atom stereocenters. The quantitative estimate of drug-likeness (QED) is 0.611. The van der Waals surface area contributed by atoms with Gasteiger partial charge in [-0.3, -0.25) is 0 Å². The molecule has 1 saturated carbocycles. The number of hydrogen-bond donors (Lipinski definition) is 0. The minimum atomic E-state index is -0.594. The average molecular weight is 275 g/mol. The molecule has 1 aromatic rings. The van der Waals surface area contributed by atoms with Crippen LogP contribution in [0.3, 0.4) is 0 Å². The molecule has 0 amide bonds. The van der Waals surface area contributed by atoms with E-state index in [0.717, 1.165) is 19.1 Å². The normalized spacial score (nSPS) is 17.5. The van der Waals surface area contributed by atoms with Crippen LogP contribution < -0.4 is 0 Å². The van der Waals surface area contributed by atoms with Gasteiger partial charge in [0, 0.05) is 11.0 Å². The van der Waals surface area contributed by atoms with E-state index in [2.05, 4.69) is 15.9 Å². The standard InChI is InChI=1S/C11H9BrF2O/c12-8-1-2-9(13)7(10(8)14)5-11(6-15)3-4-11/h1-2,6H,3-5H2. The Kier molecular flexibility index (Phi) is 2.63. The van der Waals surface area contributed by atoms with Gasteiger partial charge in [0.05, 0.1) is 4.47 Å². The zero-order valence-corrected chi connectivity index (χ0v) is 9.48. The molecule has 0 N–H and O–H groups in total. The second-order valence-corrected chi connectivity index (χ2v) is 4.83. The van der Waals surface area contributed by atoms with Crippen LogP contribution in [0.15, 0.2) is 16.6 Å². The smallest absolute Gasteiger partial charge is 0.143 e. The predicted molar refractivity (Wildman–Crippen MR) is 55.5 cm³/mol. The molecule has 1 aliphatic rings. The van der Waals surface area contributed by atoms with E-state index >= 15 is 0 Å². The van der Waals surface area contributed by atoms with Gasteiger partial charge in [0.15, 0.2) is 0 Å². The van der Waals surface area contributed by atoms with Crippen LogP contribution in [-0.4, -0.2) is 6.29 Å². The van der Waals surface area contributed by atoms with Crippen molar-refractivity contribution in [3.05, 3.63) is 33.8 Å². The summed E-state index contributed by atoms with van der Waals surface area (Å²) >= 11 is 3.00. The maximum Gasteiger partial charge on any atom is 0.143 e. The van der Waals surface area contributed by atoms with Gasteiger partial charge >= 0.3 is 0 Å². The van der Waals surface area contributed by atoms with E-state index in [1.807, 2.05) is 0 Å². The molecule has 0 aromatic heterocycles. The summed E-state index contributed by atoms with van der Waals surface area (Å²) in [4.78, 5) is 10.7. The Hall–Kier alpha value is -0.770. The molecular formula is C11H9BrF2O. The van der Waals surface area contributed by atoms with Gasteiger partial charge in [-0.1, -0.05) is 0 Å². The van der Waals surface area contributed by atoms with Crippen LogP contribution in [0.2, 0.25) is 0 Å². The minimum Gasteiger partial charge on any atom is -0.303 e. The van der Waals surface area contributed by atoms with Gasteiger partial charge in [0.1, 0.15) is 17.9 Å². The van der Waals surface area contributed by atoms with E-state index in [-0.39, 0.29) is 16.5 Å². The van der Waals surface area contributed by atoms with Crippen molar-refractivity contribution in [3.63, 3.8) is 0 Å². The highest BCUT2D eigenvalue weighted by Gasteiger charge is 2.43. The van der Waals surface area contributed by atoms with Crippen LogP contribution in [0.25, 0.3) is 0 Å². The van der Waals surface area contributed by atoms with E-state index in [4.69, 9.17) is 0 Å². The molecule has 1 nitrogen and oxygen atoms in total. The average Bonchev–Trinajstić information content (AvgIpc) is 3.00. The van der Waals surface area contributed by atoms with Crippen molar-refractivity contribution in [1.29, 1.82) is 0 Å². The van der Waals surface area contributed by atoms with Crippen molar-refractivity contribution in [2.75, 3.05) is 0 Å². The van der Waals surface area contributed by atoms with Crippen LogP contribution in [0, 0.1) is 17.0 Å². The highest BCUT2D eigenvalue weighted by Crippen LogP contribution is 2.47. The van der Waals surface area contributed by atoms with Gasteiger partial charge in [0.2, 0.25) is 0 Å². The molecule has 0 heterocycles. The Morgan fingerprint density at radius 2 is 2.07 bits per heavy atom. The number of benzene rings is 1. The fourth-order valence-corrected chi connectivity index (χ4v) is 1.95. The third-order valence-electron chi connectivity index (χ3n) is 2.81. The maximum atomic E-state index is 13.6. The summed E-state index contributed by atoms with van der Waals surface area (Å²) in [6, 6.07) is 2.54. The lowest BCUT2D eigenvalue weighted by Crippen LogP contribution is -2.10. The van der Waals surface area contributed by atoms with E-state index in [9.17, 15) is 13.6 Å². The zero-order valence-electron chi connectivity index (χ0n) is 7.90. The highest BCUT2D eigenvalue weighted by molar-refractivity contribution is 9.10. The number of hydrogen-bond acceptors (Lipinski definition) is 1. The van der Waals surface area contributed by atoms with Crippen LogP contribution in [0.5, 0.6) is 0 Å². The molecule has 1 fully saturated rings. The molecule has 2 rings (SSSR count). The van der Waals surface area contributed by atoms with Gasteiger partial charge in [0.25, 0.3) is 0 Å². The minimum absolute atomic E-state index is 0.00831. The second-order valence-electron chi connectivity index (χ2n) is 3.98. The first-order valence-corrected chi connectivity index (χ1v) is 5.46. The summed E-state index contributed by atoms with van der Waals surface area (Å²) in [7, 11) is 0. The lowest BCUT2D eigenvalue weighted by atomic mass is 9.97. The summed E-state index contributed by atoms with van der Waals surface area (Å²) in [5.74, 6) is -1.17. The fraction of sp³-hybridized carbons (Fsp3) is 0.364. The summed E-state index contributed by atoms with van der Waals surface area (Å²) in [5.41, 5.74) is -0.503. The summed E-state index contributed by atoms with van der Waals surface area (Å²) in [5, 5.41) is 0. The largest absolute Gasteiger partial charge is 0.303 e. The van der Waals surface area contributed by atoms with Crippen molar-refractivity contribution in [3.8, 4) is 0 Å². The van der Waals surface area contributed by atoms with Gasteiger partial charge in [-0.05, 0) is 47.3 Å². The van der Waals surface area contributed by atoms with E-state index in [0.29, 0.717) is 0 Å². The molecule has 0 atom stereocenters. The van der Waals surface area contributed by atoms with E-state index in [1.165, 1.54) is 12.1 Å². The fourth-order valence-electron chi connectivity index (χ4n) is 1.58. The maximum absolute atomic E-state index is 13.6. The van der Waals surface area contributed by atoms with Crippen LogP contribution in [0.1, 0.15) is 18.4 Å². The predicted octanol–water partition coefficient (Wildman–Crippen LogP) is 3.25. The summed E-state index contributed by atoms with van der Waals surface area (Å²) in [6.45, 7) is 0. The first-order valence-electron chi connectivity index (χ1n) is 4.67. The van der Waals surface area contributed by atoms with Crippen molar-refractivity contribution in [2.24, 2.45) is 5.41 Å². The van der Waals surface area contributed by atoms with Crippen LogP contribution in [0.4, 0.5) is 8.78 Å². The zero-order chi connectivity index (χ0) is 11.1. The third kappa shape index (κ3) is 1.95. The highest BCUT2D eigenvalue weighted by atomic mass is 79.9. The Balaban J connectivity index is 2.35. The topological polar surface area (TPSA) is 17.1 Å². The lowest BCUT2D eigenvalue weighted by Gasteiger charge is -2.10. The molecule has 4 heteroatoms. The van der Waals surface area contributed by atoms with Crippen LogP contribution >= 0.6 is 15.9 Å². The number of rotatable bonds is 3. The number of carbonyl (C=O) groups excluding carboxylic acids is 1. The molecule has 0 aliphatic heterocycles. The number of halogens is 3. The molecule has 0 saturated heterocycles. The number of carbonyl (C=O) groups is 1. The molecule has 1 aromatic carbocycles. The van der Waals surface area contributed by atoms with E-state index in [1.54, 1.807) is 0 Å². The molecule has 0 bridgehead atoms. The third-order valence-corrected chi connectivity index (χ3v) is 3.42. The first kappa shape index (κ1) is 10.7. The number of aldehydes is 1. The lowest BCUT2D eigenvalue weighted by molar-refractivity contribution is -0.112. The molecule has 1 aliphatic carbocycles. The molecular weight excluding hydrogens is 266 g/mol. The molecule has 80 valence electrons. The van der Waals surface area contributed by atoms with Gasteiger partial charge in [-0.25, -0.2) is 8.78 Å². The second kappa shape index (κ2) is 3.67. The van der Waals surface area contributed by atoms with E-state index < -0.39 is 17.0 Å². The SMILES string of the molecule is O=CC1(Cc2c(F)ccc(Br)c2F)CC1.